The van der Waals surface area contributed by atoms with Crippen LogP contribution >= 0.6 is 0 Å². The van der Waals surface area contributed by atoms with Gasteiger partial charge in [0, 0.05) is 56.8 Å². The zero-order valence-corrected chi connectivity index (χ0v) is 16.3. The topological polar surface area (TPSA) is 81.7 Å². The highest BCUT2D eigenvalue weighted by Crippen LogP contribution is 2.18. The Balaban J connectivity index is 1.65. The van der Waals surface area contributed by atoms with E-state index in [1.165, 1.54) is 0 Å². The highest BCUT2D eigenvalue weighted by atomic mass is 16.2. The molecular formula is C20H26N6O2. The summed E-state index contributed by atoms with van der Waals surface area (Å²) in [5.41, 5.74) is 2.16. The number of aromatic nitrogens is 2. The fourth-order valence-corrected chi connectivity index (χ4v) is 3.19. The first-order chi connectivity index (χ1) is 13.6. The van der Waals surface area contributed by atoms with Gasteiger partial charge in [0.15, 0.2) is 0 Å². The van der Waals surface area contributed by atoms with Gasteiger partial charge in [-0.2, -0.15) is 0 Å². The lowest BCUT2D eigenvalue weighted by Gasteiger charge is -2.32. The maximum Gasteiger partial charge on any atom is 0.274 e. The Morgan fingerprint density at radius 3 is 2.39 bits per heavy atom. The van der Waals surface area contributed by atoms with Gasteiger partial charge >= 0.3 is 0 Å². The van der Waals surface area contributed by atoms with Gasteiger partial charge in [-0.25, -0.2) is 9.97 Å². The number of amides is 2. The van der Waals surface area contributed by atoms with Crippen LogP contribution in [-0.2, 0) is 4.79 Å². The van der Waals surface area contributed by atoms with Crippen LogP contribution in [0.15, 0.2) is 36.5 Å². The third kappa shape index (κ3) is 4.57. The third-order valence-electron chi connectivity index (χ3n) is 4.88. The minimum absolute atomic E-state index is 0.272. The van der Waals surface area contributed by atoms with Crippen molar-refractivity contribution in [1.82, 2.24) is 14.9 Å². The van der Waals surface area contributed by atoms with Gasteiger partial charge in [-0.15, -0.1) is 0 Å². The molecule has 28 heavy (non-hydrogen) atoms. The van der Waals surface area contributed by atoms with E-state index in [1.807, 2.05) is 29.2 Å². The van der Waals surface area contributed by atoms with E-state index in [1.54, 1.807) is 17.2 Å². The molecule has 1 aliphatic heterocycles. The fourth-order valence-electron chi connectivity index (χ4n) is 3.19. The number of hydrogen-bond acceptors (Lipinski definition) is 6. The molecule has 1 aromatic heterocycles. The second-order valence-corrected chi connectivity index (χ2v) is 6.54. The average molecular weight is 382 g/mol. The number of carbonyl (C=O) groups is 2. The van der Waals surface area contributed by atoms with Crippen molar-refractivity contribution in [3.05, 3.63) is 42.2 Å². The molecule has 2 amide bonds. The lowest BCUT2D eigenvalue weighted by molar-refractivity contribution is -0.118. The summed E-state index contributed by atoms with van der Waals surface area (Å²) in [5, 5.41) is 2.89. The number of piperazine rings is 1. The van der Waals surface area contributed by atoms with Crippen LogP contribution in [0, 0.1) is 0 Å². The molecule has 1 fully saturated rings. The summed E-state index contributed by atoms with van der Waals surface area (Å²) in [4.78, 5) is 38.0. The monoisotopic (exact) mass is 382 g/mol. The Morgan fingerprint density at radius 2 is 1.79 bits per heavy atom. The van der Waals surface area contributed by atoms with Gasteiger partial charge in [-0.1, -0.05) is 0 Å². The number of nitrogens with one attached hydrogen (secondary N) is 1. The molecule has 2 heterocycles. The zero-order valence-electron chi connectivity index (χ0n) is 16.3. The molecule has 2 aromatic rings. The summed E-state index contributed by atoms with van der Waals surface area (Å²) in [5.74, 6) is 0.237. The molecule has 8 heteroatoms. The number of nitrogens with zero attached hydrogens (tertiary/aromatic N) is 5. The lowest BCUT2D eigenvalue weighted by Crippen LogP contribution is -2.46. The lowest BCUT2D eigenvalue weighted by atomic mass is 10.2. The van der Waals surface area contributed by atoms with Crippen LogP contribution in [0.25, 0.3) is 0 Å². The summed E-state index contributed by atoms with van der Waals surface area (Å²) in [7, 11) is 0. The average Bonchev–Trinajstić information content (AvgIpc) is 2.76. The standard InChI is InChI=1S/C20H26N6O2/c1-3-25(4-2)17-7-5-16(6-8-17)22-19(28)18-9-10-21-20(23-18)26-13-11-24(15-27)12-14-26/h5-10,15H,3-4,11-14H2,1-2H3,(H,22,28). The zero-order chi connectivity index (χ0) is 19.9. The van der Waals surface area contributed by atoms with Gasteiger partial charge in [0.2, 0.25) is 12.4 Å². The Hall–Kier alpha value is -3.16. The second-order valence-electron chi connectivity index (χ2n) is 6.54. The summed E-state index contributed by atoms with van der Waals surface area (Å²) < 4.78 is 0. The minimum atomic E-state index is -0.272. The third-order valence-corrected chi connectivity index (χ3v) is 4.88. The Bertz CT molecular complexity index is 799. The summed E-state index contributed by atoms with van der Waals surface area (Å²) in [6, 6.07) is 9.39. The molecule has 0 radical (unpaired) electrons. The van der Waals surface area contributed by atoms with E-state index in [0.717, 1.165) is 30.9 Å². The summed E-state index contributed by atoms with van der Waals surface area (Å²) in [6.07, 6.45) is 2.44. The van der Waals surface area contributed by atoms with Crippen LogP contribution in [0.3, 0.4) is 0 Å². The maximum absolute atomic E-state index is 12.6. The minimum Gasteiger partial charge on any atom is -0.372 e. The molecule has 0 atom stereocenters. The van der Waals surface area contributed by atoms with E-state index in [9.17, 15) is 9.59 Å². The summed E-state index contributed by atoms with van der Waals surface area (Å²) >= 11 is 0. The molecule has 1 aliphatic rings. The van der Waals surface area contributed by atoms with Crippen molar-refractivity contribution in [3.63, 3.8) is 0 Å². The van der Waals surface area contributed by atoms with Crippen molar-refractivity contribution in [3.8, 4) is 0 Å². The fraction of sp³-hybridized carbons (Fsp3) is 0.400. The number of carbonyl (C=O) groups excluding carboxylic acids is 2. The number of benzene rings is 1. The number of hydrogen-bond donors (Lipinski definition) is 1. The molecule has 3 rings (SSSR count). The second kappa shape index (κ2) is 9.16. The van der Waals surface area contributed by atoms with Gasteiger partial charge in [0.25, 0.3) is 5.91 Å². The Labute approximate surface area is 165 Å². The largest absolute Gasteiger partial charge is 0.372 e. The van der Waals surface area contributed by atoms with Gasteiger partial charge in [0.05, 0.1) is 0 Å². The molecule has 0 bridgehead atoms. The van der Waals surface area contributed by atoms with Crippen LogP contribution in [0.4, 0.5) is 17.3 Å². The van der Waals surface area contributed by atoms with Crippen molar-refractivity contribution in [2.75, 3.05) is 54.4 Å². The molecule has 0 aliphatic carbocycles. The van der Waals surface area contributed by atoms with Gasteiger partial charge in [-0.3, -0.25) is 9.59 Å². The Kier molecular flexibility index (Phi) is 6.41. The Morgan fingerprint density at radius 1 is 1.11 bits per heavy atom. The number of anilines is 3. The molecule has 1 aromatic carbocycles. The highest BCUT2D eigenvalue weighted by Gasteiger charge is 2.19. The van der Waals surface area contributed by atoms with E-state index in [2.05, 4.69) is 34.0 Å². The first-order valence-electron chi connectivity index (χ1n) is 9.58. The van der Waals surface area contributed by atoms with Gasteiger partial charge in [0.1, 0.15) is 5.69 Å². The molecule has 0 saturated carbocycles. The SMILES string of the molecule is CCN(CC)c1ccc(NC(=O)c2ccnc(N3CCN(C=O)CC3)n2)cc1. The molecule has 8 nitrogen and oxygen atoms in total. The first kappa shape index (κ1) is 19.6. The van der Waals surface area contributed by atoms with Crippen molar-refractivity contribution in [2.24, 2.45) is 0 Å². The molecule has 1 saturated heterocycles. The van der Waals surface area contributed by atoms with Crippen LogP contribution in [0.5, 0.6) is 0 Å². The van der Waals surface area contributed by atoms with E-state index >= 15 is 0 Å². The van der Waals surface area contributed by atoms with E-state index in [-0.39, 0.29) is 5.91 Å². The van der Waals surface area contributed by atoms with Crippen molar-refractivity contribution in [1.29, 1.82) is 0 Å². The number of rotatable bonds is 7. The first-order valence-corrected chi connectivity index (χ1v) is 9.58. The van der Waals surface area contributed by atoms with Crippen LogP contribution in [0.2, 0.25) is 0 Å². The maximum atomic E-state index is 12.6. The molecule has 148 valence electrons. The quantitative estimate of drug-likeness (QED) is 0.736. The van der Waals surface area contributed by atoms with Crippen LogP contribution in [-0.4, -0.2) is 66.5 Å². The van der Waals surface area contributed by atoms with Crippen molar-refractivity contribution >= 4 is 29.6 Å². The van der Waals surface area contributed by atoms with Gasteiger partial charge < -0.3 is 20.0 Å². The van der Waals surface area contributed by atoms with Crippen LogP contribution < -0.4 is 15.1 Å². The van der Waals surface area contributed by atoms with Crippen molar-refractivity contribution in [2.45, 2.75) is 13.8 Å². The van der Waals surface area contributed by atoms with E-state index in [4.69, 9.17) is 0 Å². The van der Waals surface area contributed by atoms with E-state index in [0.29, 0.717) is 37.8 Å². The predicted molar refractivity (Wildman–Crippen MR) is 110 cm³/mol. The highest BCUT2D eigenvalue weighted by molar-refractivity contribution is 6.03. The molecule has 0 spiro atoms. The van der Waals surface area contributed by atoms with Gasteiger partial charge in [-0.05, 0) is 44.2 Å². The predicted octanol–water partition coefficient (Wildman–Crippen LogP) is 1.85. The molecule has 0 unspecified atom stereocenters. The van der Waals surface area contributed by atoms with E-state index < -0.39 is 0 Å². The van der Waals surface area contributed by atoms with Crippen molar-refractivity contribution < 1.29 is 9.59 Å². The van der Waals surface area contributed by atoms with Crippen LogP contribution in [0.1, 0.15) is 24.3 Å². The summed E-state index contributed by atoms with van der Waals surface area (Å²) in [6.45, 7) is 8.66. The molecule has 1 N–H and O–H groups in total. The normalized spacial score (nSPS) is 13.9. The smallest absolute Gasteiger partial charge is 0.274 e. The molecular weight excluding hydrogens is 356 g/mol.